The predicted octanol–water partition coefficient (Wildman–Crippen LogP) is 1.90. The first-order valence-corrected chi connectivity index (χ1v) is 8.85. The van der Waals surface area contributed by atoms with Crippen molar-refractivity contribution in [1.29, 1.82) is 0 Å². The highest BCUT2D eigenvalue weighted by Gasteiger charge is 2.51. The molecule has 4 amide bonds. The van der Waals surface area contributed by atoms with E-state index >= 15 is 0 Å². The van der Waals surface area contributed by atoms with Crippen LogP contribution in [0.15, 0.2) is 24.5 Å². The number of aromatic nitrogens is 1. The Morgan fingerprint density at radius 3 is 2.64 bits per heavy atom. The Balaban J connectivity index is 1.53. The topological polar surface area (TPSA) is 91.4 Å². The van der Waals surface area contributed by atoms with Crippen molar-refractivity contribution in [1.82, 2.24) is 20.5 Å². The molecule has 0 bridgehead atoms. The van der Waals surface area contributed by atoms with Crippen LogP contribution in [0.3, 0.4) is 0 Å². The minimum Gasteiger partial charge on any atom is -0.350 e. The number of amides is 4. The van der Waals surface area contributed by atoms with Crippen molar-refractivity contribution in [3.05, 3.63) is 30.1 Å². The molecule has 0 unspecified atom stereocenters. The Kier molecular flexibility index (Phi) is 5.01. The molecule has 2 fully saturated rings. The predicted molar refractivity (Wildman–Crippen MR) is 91.5 cm³/mol. The number of pyridine rings is 1. The second kappa shape index (κ2) is 7.21. The van der Waals surface area contributed by atoms with Crippen LogP contribution in [0.1, 0.15) is 57.1 Å². The van der Waals surface area contributed by atoms with Gasteiger partial charge in [-0.1, -0.05) is 19.3 Å². The molecule has 7 nitrogen and oxygen atoms in total. The van der Waals surface area contributed by atoms with E-state index in [1.807, 2.05) is 19.1 Å². The molecule has 0 aromatic carbocycles. The second-order valence-electron chi connectivity index (χ2n) is 6.85. The molecule has 1 spiro atoms. The van der Waals surface area contributed by atoms with Crippen molar-refractivity contribution >= 4 is 17.8 Å². The lowest BCUT2D eigenvalue weighted by atomic mass is 9.82. The van der Waals surface area contributed by atoms with Crippen LogP contribution in [0.5, 0.6) is 0 Å². The van der Waals surface area contributed by atoms with E-state index < -0.39 is 5.54 Å². The van der Waals surface area contributed by atoms with Crippen molar-refractivity contribution < 1.29 is 14.4 Å². The fourth-order valence-electron chi connectivity index (χ4n) is 3.64. The van der Waals surface area contributed by atoms with Crippen LogP contribution in [0.2, 0.25) is 0 Å². The van der Waals surface area contributed by atoms with Crippen molar-refractivity contribution in [2.24, 2.45) is 0 Å². The van der Waals surface area contributed by atoms with Crippen molar-refractivity contribution in [2.75, 3.05) is 6.54 Å². The van der Waals surface area contributed by atoms with Gasteiger partial charge >= 0.3 is 6.03 Å². The fourth-order valence-corrected chi connectivity index (χ4v) is 3.64. The summed E-state index contributed by atoms with van der Waals surface area (Å²) in [5, 5.41) is 5.74. The van der Waals surface area contributed by atoms with Gasteiger partial charge in [0, 0.05) is 25.4 Å². The molecule has 134 valence electrons. The molecule has 25 heavy (non-hydrogen) atoms. The zero-order valence-corrected chi connectivity index (χ0v) is 14.5. The Morgan fingerprint density at radius 1 is 1.28 bits per heavy atom. The molecular weight excluding hydrogens is 320 g/mol. The quantitative estimate of drug-likeness (QED) is 0.798. The molecule has 1 aliphatic carbocycles. The van der Waals surface area contributed by atoms with E-state index in [-0.39, 0.29) is 36.9 Å². The number of hydrogen-bond donors (Lipinski definition) is 2. The first-order valence-electron chi connectivity index (χ1n) is 8.85. The highest BCUT2D eigenvalue weighted by molar-refractivity contribution is 6.07. The van der Waals surface area contributed by atoms with Crippen LogP contribution in [-0.4, -0.2) is 39.8 Å². The third kappa shape index (κ3) is 3.65. The van der Waals surface area contributed by atoms with Crippen LogP contribution in [0.25, 0.3) is 0 Å². The summed E-state index contributed by atoms with van der Waals surface area (Å²) in [6.45, 7) is 2.00. The Morgan fingerprint density at radius 2 is 1.96 bits per heavy atom. The molecule has 1 saturated heterocycles. The third-order valence-electron chi connectivity index (χ3n) is 5.10. The molecule has 1 aromatic rings. The lowest BCUT2D eigenvalue weighted by Crippen LogP contribution is -2.48. The molecule has 1 saturated carbocycles. The molecular formula is C18H24N4O3. The molecule has 2 heterocycles. The maximum atomic E-state index is 12.7. The Labute approximate surface area is 147 Å². The minimum atomic E-state index is -0.726. The van der Waals surface area contributed by atoms with Gasteiger partial charge in [-0.05, 0) is 37.5 Å². The van der Waals surface area contributed by atoms with Gasteiger partial charge in [-0.15, -0.1) is 0 Å². The van der Waals surface area contributed by atoms with Gasteiger partial charge in [0.15, 0.2) is 0 Å². The molecule has 2 aliphatic rings. The van der Waals surface area contributed by atoms with Gasteiger partial charge in [0.05, 0.1) is 6.04 Å². The van der Waals surface area contributed by atoms with E-state index in [4.69, 9.17) is 0 Å². The van der Waals surface area contributed by atoms with Crippen LogP contribution >= 0.6 is 0 Å². The van der Waals surface area contributed by atoms with Gasteiger partial charge in [-0.25, -0.2) is 4.79 Å². The minimum absolute atomic E-state index is 0.102. The Bertz CT molecular complexity index is 656. The van der Waals surface area contributed by atoms with Crippen LogP contribution < -0.4 is 10.6 Å². The summed E-state index contributed by atoms with van der Waals surface area (Å²) in [7, 11) is 0. The standard InChI is InChI=1S/C18H24N4O3/c1-13(14-5-10-19-11-6-14)20-15(23)7-12-22-16(24)18(21-17(22)25)8-3-2-4-9-18/h5-6,10-11,13H,2-4,7-9,12H2,1H3,(H,20,23)(H,21,25)/t13-/m1/s1. The number of imide groups is 1. The van der Waals surface area contributed by atoms with Crippen molar-refractivity contribution in [3.63, 3.8) is 0 Å². The third-order valence-corrected chi connectivity index (χ3v) is 5.10. The molecule has 1 atom stereocenters. The number of urea groups is 1. The summed E-state index contributed by atoms with van der Waals surface area (Å²) in [4.78, 5) is 42.1. The maximum Gasteiger partial charge on any atom is 0.325 e. The van der Waals surface area contributed by atoms with E-state index in [1.54, 1.807) is 12.4 Å². The van der Waals surface area contributed by atoms with E-state index in [9.17, 15) is 14.4 Å². The van der Waals surface area contributed by atoms with E-state index in [0.717, 1.165) is 24.8 Å². The summed E-state index contributed by atoms with van der Waals surface area (Å²) in [6.07, 6.45) is 7.83. The SMILES string of the molecule is C[C@@H](NC(=O)CCN1C(=O)NC2(CCCCC2)C1=O)c1ccncc1. The molecule has 1 aliphatic heterocycles. The summed E-state index contributed by atoms with van der Waals surface area (Å²) in [5.74, 6) is -0.360. The smallest absolute Gasteiger partial charge is 0.325 e. The van der Waals surface area contributed by atoms with Gasteiger partial charge in [-0.2, -0.15) is 0 Å². The summed E-state index contributed by atoms with van der Waals surface area (Å²) < 4.78 is 0. The van der Waals surface area contributed by atoms with Gasteiger partial charge < -0.3 is 10.6 Å². The highest BCUT2D eigenvalue weighted by Crippen LogP contribution is 2.33. The van der Waals surface area contributed by atoms with Crippen LogP contribution in [0.4, 0.5) is 4.79 Å². The maximum absolute atomic E-state index is 12.7. The van der Waals surface area contributed by atoms with E-state index in [1.165, 1.54) is 4.90 Å². The zero-order chi connectivity index (χ0) is 17.9. The zero-order valence-electron chi connectivity index (χ0n) is 14.5. The van der Waals surface area contributed by atoms with E-state index in [2.05, 4.69) is 15.6 Å². The van der Waals surface area contributed by atoms with Gasteiger partial charge in [0.2, 0.25) is 5.91 Å². The van der Waals surface area contributed by atoms with E-state index in [0.29, 0.717) is 12.8 Å². The number of nitrogens with one attached hydrogen (secondary N) is 2. The monoisotopic (exact) mass is 344 g/mol. The number of carbonyl (C=O) groups excluding carboxylic acids is 3. The molecule has 1 aromatic heterocycles. The molecule has 2 N–H and O–H groups in total. The molecule has 0 radical (unpaired) electrons. The van der Waals surface area contributed by atoms with Gasteiger partial charge in [0.1, 0.15) is 5.54 Å². The van der Waals surface area contributed by atoms with Crippen LogP contribution in [0, 0.1) is 0 Å². The second-order valence-corrected chi connectivity index (χ2v) is 6.85. The average molecular weight is 344 g/mol. The largest absolute Gasteiger partial charge is 0.350 e. The number of nitrogens with zero attached hydrogens (tertiary/aromatic N) is 2. The van der Waals surface area contributed by atoms with Crippen molar-refractivity contribution in [2.45, 2.75) is 57.0 Å². The summed E-state index contributed by atoms with van der Waals surface area (Å²) in [6, 6.07) is 3.16. The van der Waals surface area contributed by atoms with Gasteiger partial charge in [-0.3, -0.25) is 19.5 Å². The number of hydrogen-bond acceptors (Lipinski definition) is 4. The summed E-state index contributed by atoms with van der Waals surface area (Å²) >= 11 is 0. The lowest BCUT2D eigenvalue weighted by molar-refractivity contribution is -0.132. The average Bonchev–Trinajstić information content (AvgIpc) is 2.84. The van der Waals surface area contributed by atoms with Crippen molar-refractivity contribution in [3.8, 4) is 0 Å². The lowest BCUT2D eigenvalue weighted by Gasteiger charge is -2.30. The Hall–Kier alpha value is -2.44. The molecule has 7 heteroatoms. The normalized spacial score (nSPS) is 20.4. The van der Waals surface area contributed by atoms with Crippen LogP contribution in [-0.2, 0) is 9.59 Å². The number of rotatable bonds is 5. The highest BCUT2D eigenvalue weighted by atomic mass is 16.2. The number of carbonyl (C=O) groups is 3. The fraction of sp³-hybridized carbons (Fsp3) is 0.556. The first kappa shape index (κ1) is 17.4. The first-order chi connectivity index (χ1) is 12.0. The summed E-state index contributed by atoms with van der Waals surface area (Å²) in [5.41, 5.74) is 0.232. The molecule has 3 rings (SSSR count). The van der Waals surface area contributed by atoms with Gasteiger partial charge in [0.25, 0.3) is 5.91 Å².